The Morgan fingerprint density at radius 1 is 0.929 bits per heavy atom. The molecule has 0 N–H and O–H groups in total. The topological polar surface area (TPSA) is 0 Å². The van der Waals surface area contributed by atoms with Crippen molar-refractivity contribution in [2.24, 2.45) is 0 Å². The third kappa shape index (κ3) is 6.02. The standard InChI is InChI=1S/C13H26P/c1-2-3-4-5-9-12-14-13-10-7-6-8-11-13/h13H,2-12H2,1H3. The van der Waals surface area contributed by atoms with E-state index in [9.17, 15) is 0 Å². The molecule has 0 nitrogen and oxygen atoms in total. The summed E-state index contributed by atoms with van der Waals surface area (Å²) in [4.78, 5) is 0. The smallest absolute Gasteiger partial charge is 0.0170 e. The molecule has 1 saturated carbocycles. The van der Waals surface area contributed by atoms with Gasteiger partial charge in [0.25, 0.3) is 0 Å². The van der Waals surface area contributed by atoms with Crippen LogP contribution in [0.3, 0.4) is 0 Å². The fraction of sp³-hybridized carbons (Fsp3) is 1.00. The zero-order valence-electron chi connectivity index (χ0n) is 9.80. The minimum Gasteiger partial charge on any atom is -0.0775 e. The van der Waals surface area contributed by atoms with Gasteiger partial charge < -0.3 is 0 Å². The summed E-state index contributed by atoms with van der Waals surface area (Å²) in [5, 5.41) is 0. The first-order valence-corrected chi connectivity index (χ1v) is 7.75. The highest BCUT2D eigenvalue weighted by molar-refractivity contribution is 7.38. The molecular formula is C13H26P. The van der Waals surface area contributed by atoms with Crippen LogP contribution in [0.1, 0.15) is 71.1 Å². The van der Waals surface area contributed by atoms with Crippen molar-refractivity contribution < 1.29 is 0 Å². The zero-order valence-corrected chi connectivity index (χ0v) is 10.7. The third-order valence-electron chi connectivity index (χ3n) is 3.22. The lowest BCUT2D eigenvalue weighted by Crippen LogP contribution is -2.06. The first-order chi connectivity index (χ1) is 6.93. The average molecular weight is 213 g/mol. The van der Waals surface area contributed by atoms with Gasteiger partial charge in [0.15, 0.2) is 0 Å². The second kappa shape index (κ2) is 8.72. The summed E-state index contributed by atoms with van der Waals surface area (Å²) in [5.41, 5.74) is 1.08. The highest BCUT2D eigenvalue weighted by Gasteiger charge is 2.12. The molecule has 0 bridgehead atoms. The maximum absolute atomic E-state index is 2.29. The van der Waals surface area contributed by atoms with Gasteiger partial charge in [-0.2, -0.15) is 0 Å². The zero-order chi connectivity index (χ0) is 10.1. The fourth-order valence-electron chi connectivity index (χ4n) is 2.25. The summed E-state index contributed by atoms with van der Waals surface area (Å²) in [5.74, 6) is 0. The summed E-state index contributed by atoms with van der Waals surface area (Å²) in [6.45, 7) is 2.29. The van der Waals surface area contributed by atoms with Crippen molar-refractivity contribution in [1.82, 2.24) is 0 Å². The van der Waals surface area contributed by atoms with Crippen molar-refractivity contribution in [1.29, 1.82) is 0 Å². The maximum atomic E-state index is 2.29. The van der Waals surface area contributed by atoms with Gasteiger partial charge in [0.2, 0.25) is 0 Å². The predicted molar refractivity (Wildman–Crippen MR) is 67.4 cm³/mol. The van der Waals surface area contributed by atoms with Crippen molar-refractivity contribution in [3.05, 3.63) is 0 Å². The quantitative estimate of drug-likeness (QED) is 0.401. The molecule has 0 heterocycles. The van der Waals surface area contributed by atoms with Gasteiger partial charge in [-0.1, -0.05) is 60.5 Å². The van der Waals surface area contributed by atoms with Crippen LogP contribution in [0.5, 0.6) is 0 Å². The Kier molecular flexibility index (Phi) is 7.78. The highest BCUT2D eigenvalue weighted by Crippen LogP contribution is 2.33. The van der Waals surface area contributed by atoms with Gasteiger partial charge in [0.1, 0.15) is 0 Å². The molecule has 0 saturated heterocycles. The van der Waals surface area contributed by atoms with Gasteiger partial charge in [-0.15, -0.1) is 0 Å². The predicted octanol–water partition coefficient (Wildman–Crippen LogP) is 5.24. The van der Waals surface area contributed by atoms with E-state index >= 15 is 0 Å². The van der Waals surface area contributed by atoms with E-state index < -0.39 is 0 Å². The van der Waals surface area contributed by atoms with E-state index in [4.69, 9.17) is 0 Å². The number of rotatable bonds is 7. The molecule has 1 fully saturated rings. The second-order valence-electron chi connectivity index (χ2n) is 4.61. The van der Waals surface area contributed by atoms with E-state index in [1.807, 2.05) is 0 Å². The van der Waals surface area contributed by atoms with Gasteiger partial charge in [0.05, 0.1) is 0 Å². The molecule has 0 aliphatic heterocycles. The molecular weight excluding hydrogens is 187 g/mol. The van der Waals surface area contributed by atoms with E-state index in [2.05, 4.69) is 6.92 Å². The molecule has 1 heteroatoms. The van der Waals surface area contributed by atoms with Crippen molar-refractivity contribution in [3.63, 3.8) is 0 Å². The largest absolute Gasteiger partial charge is 0.0775 e. The van der Waals surface area contributed by atoms with E-state index in [0.717, 1.165) is 5.66 Å². The Hall–Kier alpha value is 0.430. The fourth-order valence-corrected chi connectivity index (χ4v) is 3.75. The number of hydrogen-bond donors (Lipinski definition) is 0. The summed E-state index contributed by atoms with van der Waals surface area (Å²) in [6, 6.07) is 0. The molecule has 1 rings (SSSR count). The van der Waals surface area contributed by atoms with Crippen LogP contribution in [0, 0.1) is 0 Å². The molecule has 1 aliphatic rings. The monoisotopic (exact) mass is 213 g/mol. The van der Waals surface area contributed by atoms with Gasteiger partial charge in [-0.3, -0.25) is 0 Å². The van der Waals surface area contributed by atoms with Gasteiger partial charge in [-0.25, -0.2) is 0 Å². The molecule has 14 heavy (non-hydrogen) atoms. The summed E-state index contributed by atoms with van der Waals surface area (Å²) >= 11 is 0. The van der Waals surface area contributed by atoms with Gasteiger partial charge in [0, 0.05) is 0 Å². The lowest BCUT2D eigenvalue weighted by atomic mass is 10.0. The molecule has 1 radical (unpaired) electrons. The Bertz CT molecular complexity index is 116. The minimum atomic E-state index is 1.08. The molecule has 0 unspecified atom stereocenters. The molecule has 0 amide bonds. The van der Waals surface area contributed by atoms with Crippen LogP contribution in [-0.2, 0) is 0 Å². The van der Waals surface area contributed by atoms with Crippen LogP contribution in [0.2, 0.25) is 0 Å². The SMILES string of the molecule is CCCCCCC[P]C1CCCCC1. The van der Waals surface area contributed by atoms with E-state index in [1.54, 1.807) is 8.58 Å². The maximum Gasteiger partial charge on any atom is -0.0170 e. The van der Waals surface area contributed by atoms with E-state index in [1.165, 1.54) is 70.4 Å². The van der Waals surface area contributed by atoms with Crippen molar-refractivity contribution in [2.45, 2.75) is 76.8 Å². The minimum absolute atomic E-state index is 1.08. The average Bonchev–Trinajstić information content (AvgIpc) is 2.25. The van der Waals surface area contributed by atoms with Crippen LogP contribution in [0.15, 0.2) is 0 Å². The van der Waals surface area contributed by atoms with Crippen LogP contribution in [0.4, 0.5) is 0 Å². The van der Waals surface area contributed by atoms with Gasteiger partial charge in [-0.05, 0) is 31.1 Å². The summed E-state index contributed by atoms with van der Waals surface area (Å²) in [6.07, 6.45) is 16.3. The Balaban J connectivity index is 1.82. The molecule has 0 aromatic rings. The van der Waals surface area contributed by atoms with Crippen LogP contribution in [0.25, 0.3) is 0 Å². The van der Waals surface area contributed by atoms with Crippen molar-refractivity contribution in [3.8, 4) is 0 Å². The van der Waals surface area contributed by atoms with Gasteiger partial charge >= 0.3 is 0 Å². The highest BCUT2D eigenvalue weighted by atomic mass is 31.1. The Morgan fingerprint density at radius 3 is 2.36 bits per heavy atom. The lowest BCUT2D eigenvalue weighted by molar-refractivity contribution is 0.512. The summed E-state index contributed by atoms with van der Waals surface area (Å²) in [7, 11) is 1.77. The number of hydrogen-bond acceptors (Lipinski definition) is 0. The molecule has 83 valence electrons. The van der Waals surface area contributed by atoms with Crippen LogP contribution >= 0.6 is 8.58 Å². The molecule has 0 spiro atoms. The Morgan fingerprint density at radius 2 is 1.64 bits per heavy atom. The third-order valence-corrected chi connectivity index (χ3v) is 4.83. The Labute approximate surface area is 92.0 Å². The van der Waals surface area contributed by atoms with Crippen LogP contribution in [-0.4, -0.2) is 11.8 Å². The second-order valence-corrected chi connectivity index (χ2v) is 6.15. The molecule has 0 aromatic heterocycles. The number of unbranched alkanes of at least 4 members (excludes halogenated alkanes) is 4. The molecule has 0 aromatic carbocycles. The molecule has 0 atom stereocenters. The van der Waals surface area contributed by atoms with E-state index in [0.29, 0.717) is 0 Å². The van der Waals surface area contributed by atoms with Crippen molar-refractivity contribution >= 4 is 8.58 Å². The lowest BCUT2D eigenvalue weighted by Gasteiger charge is -2.20. The first kappa shape index (κ1) is 12.5. The van der Waals surface area contributed by atoms with Crippen LogP contribution < -0.4 is 0 Å². The summed E-state index contributed by atoms with van der Waals surface area (Å²) < 4.78 is 0. The van der Waals surface area contributed by atoms with E-state index in [-0.39, 0.29) is 0 Å². The molecule has 1 aliphatic carbocycles. The normalized spacial score (nSPS) is 19.5. The first-order valence-electron chi connectivity index (χ1n) is 6.60. The van der Waals surface area contributed by atoms with Crippen molar-refractivity contribution in [2.75, 3.05) is 6.16 Å².